The first kappa shape index (κ1) is 18.7. The standard InChI is InChI=1S/C19H18N4O3S/c20-16(11-14-7-3-1-4-8-14)17(24)23(18-22-21-13-27-18)19(25)26-12-15-9-5-2-6-10-15/h1-10,13,16H,11-12,20H2/t16-/m0/s1. The Kier molecular flexibility index (Phi) is 6.24. The molecule has 7 nitrogen and oxygen atoms in total. The highest BCUT2D eigenvalue weighted by Crippen LogP contribution is 2.19. The van der Waals surface area contributed by atoms with Crippen LogP contribution >= 0.6 is 11.3 Å². The third-order valence-corrected chi connectivity index (χ3v) is 4.44. The zero-order valence-electron chi connectivity index (χ0n) is 14.4. The van der Waals surface area contributed by atoms with Gasteiger partial charge in [-0.05, 0) is 17.5 Å². The molecular formula is C19H18N4O3S. The molecule has 0 bridgehead atoms. The number of hydrogen-bond donors (Lipinski definition) is 1. The molecule has 3 aromatic rings. The van der Waals surface area contributed by atoms with E-state index in [0.717, 1.165) is 27.4 Å². The molecule has 0 saturated heterocycles. The second-order valence-corrected chi connectivity index (χ2v) is 6.54. The van der Waals surface area contributed by atoms with E-state index >= 15 is 0 Å². The molecule has 0 aliphatic heterocycles. The summed E-state index contributed by atoms with van der Waals surface area (Å²) in [4.78, 5) is 26.3. The second-order valence-electron chi connectivity index (χ2n) is 5.73. The van der Waals surface area contributed by atoms with Crippen molar-refractivity contribution in [3.05, 3.63) is 77.3 Å². The summed E-state index contributed by atoms with van der Waals surface area (Å²) in [5.41, 5.74) is 9.20. The first-order valence-corrected chi connectivity index (χ1v) is 9.13. The topological polar surface area (TPSA) is 98.4 Å². The molecule has 1 atom stereocenters. The van der Waals surface area contributed by atoms with Gasteiger partial charge in [-0.25, -0.2) is 4.79 Å². The maximum absolute atomic E-state index is 12.8. The normalized spacial score (nSPS) is 11.6. The van der Waals surface area contributed by atoms with Crippen LogP contribution in [0, 0.1) is 0 Å². The Morgan fingerprint density at radius 3 is 2.26 bits per heavy atom. The number of nitrogens with zero attached hydrogens (tertiary/aromatic N) is 3. The van der Waals surface area contributed by atoms with Gasteiger partial charge in [-0.1, -0.05) is 72.0 Å². The van der Waals surface area contributed by atoms with Gasteiger partial charge in [0.25, 0.3) is 5.91 Å². The van der Waals surface area contributed by atoms with Gasteiger partial charge in [-0.3, -0.25) is 4.79 Å². The molecule has 0 radical (unpaired) electrons. The van der Waals surface area contributed by atoms with Gasteiger partial charge in [0.1, 0.15) is 12.1 Å². The van der Waals surface area contributed by atoms with E-state index in [9.17, 15) is 9.59 Å². The average Bonchev–Trinajstić information content (AvgIpc) is 3.22. The van der Waals surface area contributed by atoms with E-state index in [1.165, 1.54) is 5.51 Å². The fraction of sp³-hybridized carbons (Fsp3) is 0.158. The van der Waals surface area contributed by atoms with Crippen molar-refractivity contribution < 1.29 is 14.3 Å². The number of anilines is 1. The zero-order valence-corrected chi connectivity index (χ0v) is 15.2. The molecule has 0 aliphatic carbocycles. The number of carbonyl (C=O) groups excluding carboxylic acids is 2. The summed E-state index contributed by atoms with van der Waals surface area (Å²) >= 11 is 1.06. The third kappa shape index (κ3) is 4.96. The van der Waals surface area contributed by atoms with Crippen molar-refractivity contribution >= 4 is 28.5 Å². The minimum atomic E-state index is -0.916. The van der Waals surface area contributed by atoms with E-state index in [1.54, 1.807) is 0 Å². The summed E-state index contributed by atoms with van der Waals surface area (Å²) in [7, 11) is 0. The minimum Gasteiger partial charge on any atom is -0.444 e. The summed E-state index contributed by atoms with van der Waals surface area (Å²) in [6.07, 6.45) is -0.537. The molecule has 2 aromatic carbocycles. The molecule has 0 unspecified atom stereocenters. The van der Waals surface area contributed by atoms with Gasteiger partial charge in [0.2, 0.25) is 5.13 Å². The smallest absolute Gasteiger partial charge is 0.423 e. The molecule has 8 heteroatoms. The van der Waals surface area contributed by atoms with Gasteiger partial charge in [0.05, 0.1) is 6.04 Å². The van der Waals surface area contributed by atoms with Crippen LogP contribution < -0.4 is 10.6 Å². The number of amides is 2. The van der Waals surface area contributed by atoms with E-state index in [1.807, 2.05) is 60.7 Å². The van der Waals surface area contributed by atoms with E-state index in [2.05, 4.69) is 10.2 Å². The maximum Gasteiger partial charge on any atom is 0.423 e. The summed E-state index contributed by atoms with van der Waals surface area (Å²) in [5.74, 6) is -0.589. The Bertz CT molecular complexity index is 872. The van der Waals surface area contributed by atoms with Crippen LogP contribution in [0.15, 0.2) is 66.2 Å². The van der Waals surface area contributed by atoms with Crippen molar-refractivity contribution in [3.8, 4) is 0 Å². The predicted octanol–water partition coefficient (Wildman–Crippen LogP) is 2.78. The Hall–Kier alpha value is -3.10. The number of nitrogens with two attached hydrogens (primary N) is 1. The summed E-state index contributed by atoms with van der Waals surface area (Å²) in [6, 6.07) is 17.6. The molecule has 1 aromatic heterocycles. The van der Waals surface area contributed by atoms with Crippen LogP contribution in [0.5, 0.6) is 0 Å². The van der Waals surface area contributed by atoms with Gasteiger partial charge in [0, 0.05) is 0 Å². The number of benzene rings is 2. The molecule has 0 aliphatic rings. The highest BCUT2D eigenvalue weighted by Gasteiger charge is 2.31. The quantitative estimate of drug-likeness (QED) is 0.704. The van der Waals surface area contributed by atoms with E-state index in [-0.39, 0.29) is 11.7 Å². The highest BCUT2D eigenvalue weighted by atomic mass is 32.1. The molecule has 27 heavy (non-hydrogen) atoms. The van der Waals surface area contributed by atoms with Crippen molar-refractivity contribution in [3.63, 3.8) is 0 Å². The number of hydrogen-bond acceptors (Lipinski definition) is 7. The lowest BCUT2D eigenvalue weighted by molar-refractivity contribution is -0.119. The summed E-state index contributed by atoms with van der Waals surface area (Å²) < 4.78 is 5.29. The van der Waals surface area contributed by atoms with Crippen LogP contribution in [-0.4, -0.2) is 28.2 Å². The molecule has 2 amide bonds. The van der Waals surface area contributed by atoms with Crippen LogP contribution in [0.4, 0.5) is 9.93 Å². The lowest BCUT2D eigenvalue weighted by atomic mass is 10.1. The molecule has 1 heterocycles. The Morgan fingerprint density at radius 1 is 1.04 bits per heavy atom. The minimum absolute atomic E-state index is 0.0379. The first-order valence-electron chi connectivity index (χ1n) is 8.25. The highest BCUT2D eigenvalue weighted by molar-refractivity contribution is 7.13. The molecule has 3 rings (SSSR count). The molecular weight excluding hydrogens is 364 g/mol. The molecule has 2 N–H and O–H groups in total. The van der Waals surface area contributed by atoms with Crippen molar-refractivity contribution in [2.75, 3.05) is 4.90 Å². The average molecular weight is 382 g/mol. The van der Waals surface area contributed by atoms with Crippen LogP contribution in [0.1, 0.15) is 11.1 Å². The third-order valence-electron chi connectivity index (χ3n) is 3.76. The van der Waals surface area contributed by atoms with E-state index in [4.69, 9.17) is 10.5 Å². The van der Waals surface area contributed by atoms with Gasteiger partial charge >= 0.3 is 6.09 Å². The van der Waals surface area contributed by atoms with Gasteiger partial charge in [-0.15, -0.1) is 10.2 Å². The summed E-state index contributed by atoms with van der Waals surface area (Å²) in [5, 5.41) is 7.64. The van der Waals surface area contributed by atoms with Crippen molar-refractivity contribution in [1.29, 1.82) is 0 Å². The molecule has 0 fully saturated rings. The lowest BCUT2D eigenvalue weighted by Gasteiger charge is -2.21. The van der Waals surface area contributed by atoms with Gasteiger partial charge < -0.3 is 10.5 Å². The zero-order chi connectivity index (χ0) is 19.1. The monoisotopic (exact) mass is 382 g/mol. The van der Waals surface area contributed by atoms with E-state index < -0.39 is 18.0 Å². The predicted molar refractivity (Wildman–Crippen MR) is 102 cm³/mol. The Balaban J connectivity index is 1.72. The van der Waals surface area contributed by atoms with Crippen molar-refractivity contribution in [2.24, 2.45) is 5.73 Å². The largest absolute Gasteiger partial charge is 0.444 e. The van der Waals surface area contributed by atoms with Crippen LogP contribution in [0.3, 0.4) is 0 Å². The first-order chi connectivity index (χ1) is 13.1. The van der Waals surface area contributed by atoms with Crippen molar-refractivity contribution in [2.45, 2.75) is 19.1 Å². The number of ether oxygens (including phenoxy) is 1. The van der Waals surface area contributed by atoms with Crippen LogP contribution in [-0.2, 0) is 22.6 Å². The lowest BCUT2D eigenvalue weighted by Crippen LogP contribution is -2.48. The fourth-order valence-corrected chi connectivity index (χ4v) is 2.98. The van der Waals surface area contributed by atoms with Gasteiger partial charge in [-0.2, -0.15) is 4.90 Å². The fourth-order valence-electron chi connectivity index (χ4n) is 2.43. The molecule has 0 spiro atoms. The molecule has 138 valence electrons. The van der Waals surface area contributed by atoms with Crippen molar-refractivity contribution in [1.82, 2.24) is 10.2 Å². The maximum atomic E-state index is 12.8. The van der Waals surface area contributed by atoms with Crippen LogP contribution in [0.2, 0.25) is 0 Å². The number of carbonyl (C=O) groups is 2. The Labute approximate surface area is 160 Å². The number of rotatable bonds is 6. The molecule has 0 saturated carbocycles. The van der Waals surface area contributed by atoms with E-state index in [0.29, 0.717) is 6.42 Å². The SMILES string of the molecule is N[C@@H](Cc1ccccc1)C(=O)N(C(=O)OCc1ccccc1)c1nncs1. The number of imide groups is 1. The van der Waals surface area contributed by atoms with Gasteiger partial charge in [0.15, 0.2) is 0 Å². The second kappa shape index (κ2) is 9.02. The Morgan fingerprint density at radius 2 is 1.67 bits per heavy atom. The number of aromatic nitrogens is 2. The summed E-state index contributed by atoms with van der Waals surface area (Å²) in [6.45, 7) is 0.0379. The van der Waals surface area contributed by atoms with Crippen LogP contribution in [0.25, 0.3) is 0 Å².